The molecule has 1 aliphatic heterocycles. The Hall–Kier alpha value is -2.47. The number of nitrogens with zero attached hydrogens (tertiary/aromatic N) is 4. The molecule has 0 saturated carbocycles. The Morgan fingerprint density at radius 3 is 2.92 bits per heavy atom. The second kappa shape index (κ2) is 7.19. The van der Waals surface area contributed by atoms with E-state index in [9.17, 15) is 4.79 Å². The highest BCUT2D eigenvalue weighted by Gasteiger charge is 2.28. The lowest BCUT2D eigenvalue weighted by molar-refractivity contribution is -0.131. The number of thiophene rings is 1. The maximum absolute atomic E-state index is 12.6. The predicted molar refractivity (Wildman–Crippen MR) is 97.9 cm³/mol. The van der Waals surface area contributed by atoms with Gasteiger partial charge in [0.05, 0.1) is 6.42 Å². The fourth-order valence-corrected chi connectivity index (χ4v) is 4.07. The molecule has 1 aliphatic rings. The van der Waals surface area contributed by atoms with Crippen LogP contribution in [-0.4, -0.2) is 38.7 Å². The van der Waals surface area contributed by atoms with E-state index in [1.807, 2.05) is 44.5 Å². The Morgan fingerprint density at radius 1 is 1.24 bits per heavy atom. The average molecular weight is 352 g/mol. The number of carbonyl (C=O) groups excluding carboxylic acids is 1. The second-order valence-corrected chi connectivity index (χ2v) is 7.16. The minimum absolute atomic E-state index is 0.203. The topological polar surface area (TPSA) is 51.0 Å². The number of hydrogen-bond acceptors (Lipinski definition) is 4. The fourth-order valence-electron chi connectivity index (χ4n) is 3.40. The molecular weight excluding hydrogens is 332 g/mol. The summed E-state index contributed by atoms with van der Waals surface area (Å²) in [7, 11) is 0. The van der Waals surface area contributed by atoms with Crippen LogP contribution >= 0.6 is 11.3 Å². The van der Waals surface area contributed by atoms with Crippen molar-refractivity contribution in [2.24, 2.45) is 0 Å². The van der Waals surface area contributed by atoms with E-state index < -0.39 is 0 Å². The third kappa shape index (κ3) is 3.49. The molecule has 0 bridgehead atoms. The van der Waals surface area contributed by atoms with E-state index in [4.69, 9.17) is 0 Å². The first-order valence-electron chi connectivity index (χ1n) is 8.55. The average Bonchev–Trinajstić information content (AvgIpc) is 3.34. The number of carbonyl (C=O) groups is 1. The number of aromatic nitrogens is 3. The highest BCUT2D eigenvalue weighted by Crippen LogP contribution is 2.27. The summed E-state index contributed by atoms with van der Waals surface area (Å²) >= 11 is 1.63. The minimum atomic E-state index is 0.203. The van der Waals surface area contributed by atoms with Gasteiger partial charge in [0.25, 0.3) is 0 Å². The molecule has 1 fully saturated rings. The molecule has 0 aliphatic carbocycles. The second-order valence-electron chi connectivity index (χ2n) is 6.38. The van der Waals surface area contributed by atoms with Crippen molar-refractivity contribution in [1.29, 1.82) is 0 Å². The van der Waals surface area contributed by atoms with E-state index >= 15 is 0 Å². The molecule has 0 radical (unpaired) electrons. The Labute approximate surface area is 150 Å². The van der Waals surface area contributed by atoms with Gasteiger partial charge in [-0.2, -0.15) is 11.3 Å². The third-order valence-corrected chi connectivity index (χ3v) is 5.42. The number of para-hydroxylation sites is 1. The van der Waals surface area contributed by atoms with Crippen LogP contribution in [-0.2, 0) is 11.2 Å². The van der Waals surface area contributed by atoms with Gasteiger partial charge in [-0.15, -0.1) is 10.2 Å². The van der Waals surface area contributed by atoms with E-state index in [1.165, 1.54) is 0 Å². The predicted octanol–water partition coefficient (Wildman–Crippen LogP) is 3.28. The lowest BCUT2D eigenvalue weighted by Gasteiger charge is -2.32. The molecule has 5 nitrogen and oxygen atoms in total. The lowest BCUT2D eigenvalue weighted by atomic mass is 9.96. The Kier molecular flexibility index (Phi) is 4.61. The van der Waals surface area contributed by atoms with Gasteiger partial charge in [0.15, 0.2) is 0 Å². The van der Waals surface area contributed by atoms with Gasteiger partial charge < -0.3 is 4.90 Å². The van der Waals surface area contributed by atoms with Gasteiger partial charge in [-0.05, 0) is 47.4 Å². The SMILES string of the molecule is O=C(Cc1ccsc1)N1CCCC(c2nncn2-c2ccccc2)C1. The number of hydrogen-bond donors (Lipinski definition) is 0. The van der Waals surface area contributed by atoms with E-state index in [0.29, 0.717) is 13.0 Å². The Morgan fingerprint density at radius 2 is 2.12 bits per heavy atom. The van der Waals surface area contributed by atoms with Gasteiger partial charge in [-0.25, -0.2) is 0 Å². The third-order valence-electron chi connectivity index (χ3n) is 4.68. The van der Waals surface area contributed by atoms with E-state index in [2.05, 4.69) is 22.3 Å². The van der Waals surface area contributed by atoms with Crippen molar-refractivity contribution in [1.82, 2.24) is 19.7 Å². The van der Waals surface area contributed by atoms with Crippen LogP contribution in [0.1, 0.15) is 30.1 Å². The molecule has 6 heteroatoms. The first-order valence-corrected chi connectivity index (χ1v) is 9.50. The summed E-state index contributed by atoms with van der Waals surface area (Å²) in [4.78, 5) is 14.6. The highest BCUT2D eigenvalue weighted by molar-refractivity contribution is 7.08. The first kappa shape index (κ1) is 16.0. The van der Waals surface area contributed by atoms with Crippen LogP contribution in [0.4, 0.5) is 0 Å². The van der Waals surface area contributed by atoms with Gasteiger partial charge in [0.1, 0.15) is 12.2 Å². The van der Waals surface area contributed by atoms with E-state index in [1.54, 1.807) is 17.7 Å². The van der Waals surface area contributed by atoms with Crippen LogP contribution in [0.25, 0.3) is 5.69 Å². The van der Waals surface area contributed by atoms with Crippen molar-refractivity contribution in [3.8, 4) is 5.69 Å². The molecule has 0 N–H and O–H groups in total. The van der Waals surface area contributed by atoms with E-state index in [0.717, 1.165) is 36.5 Å². The summed E-state index contributed by atoms with van der Waals surface area (Å²) in [6, 6.07) is 12.1. The Bertz CT molecular complexity index is 828. The van der Waals surface area contributed by atoms with Crippen LogP contribution in [0.2, 0.25) is 0 Å². The summed E-state index contributed by atoms with van der Waals surface area (Å²) in [6.07, 6.45) is 4.29. The monoisotopic (exact) mass is 352 g/mol. The molecule has 3 heterocycles. The van der Waals surface area contributed by atoms with Crippen molar-refractivity contribution in [2.75, 3.05) is 13.1 Å². The van der Waals surface area contributed by atoms with Gasteiger partial charge in [-0.3, -0.25) is 9.36 Å². The van der Waals surface area contributed by atoms with Crippen molar-refractivity contribution in [3.63, 3.8) is 0 Å². The number of likely N-dealkylation sites (tertiary alicyclic amines) is 1. The highest BCUT2D eigenvalue weighted by atomic mass is 32.1. The van der Waals surface area contributed by atoms with Crippen LogP contribution in [0.3, 0.4) is 0 Å². The smallest absolute Gasteiger partial charge is 0.227 e. The standard InChI is InChI=1S/C19H20N4OS/c24-18(11-15-8-10-25-13-15)22-9-4-5-16(12-22)19-21-20-14-23(19)17-6-2-1-3-7-17/h1-3,6-8,10,13-14,16H,4-5,9,11-12H2. The normalized spacial score (nSPS) is 17.6. The maximum atomic E-state index is 12.6. The molecular formula is C19H20N4OS. The molecule has 1 atom stereocenters. The van der Waals surface area contributed by atoms with Crippen LogP contribution in [0, 0.1) is 0 Å². The molecule has 1 aromatic carbocycles. The largest absolute Gasteiger partial charge is 0.342 e. The molecule has 2 aromatic heterocycles. The van der Waals surface area contributed by atoms with Crippen LogP contribution < -0.4 is 0 Å². The van der Waals surface area contributed by atoms with Crippen molar-refractivity contribution >= 4 is 17.2 Å². The molecule has 3 aromatic rings. The quantitative estimate of drug-likeness (QED) is 0.724. The van der Waals surface area contributed by atoms with Gasteiger partial charge in [0.2, 0.25) is 5.91 Å². The number of benzene rings is 1. The molecule has 1 amide bonds. The number of amides is 1. The molecule has 0 spiro atoms. The van der Waals surface area contributed by atoms with Gasteiger partial charge in [-0.1, -0.05) is 18.2 Å². The van der Waals surface area contributed by atoms with Gasteiger partial charge in [0, 0.05) is 24.7 Å². The number of piperidine rings is 1. The van der Waals surface area contributed by atoms with Crippen LogP contribution in [0.5, 0.6) is 0 Å². The van der Waals surface area contributed by atoms with Gasteiger partial charge >= 0.3 is 0 Å². The summed E-state index contributed by atoms with van der Waals surface area (Å²) in [5.74, 6) is 1.37. The minimum Gasteiger partial charge on any atom is -0.342 e. The Balaban J connectivity index is 1.50. The summed E-state index contributed by atoms with van der Waals surface area (Å²) in [5.41, 5.74) is 2.16. The molecule has 1 unspecified atom stereocenters. The number of rotatable bonds is 4. The lowest BCUT2D eigenvalue weighted by Crippen LogP contribution is -2.40. The molecule has 128 valence electrons. The first-order chi connectivity index (χ1) is 12.3. The summed E-state index contributed by atoms with van der Waals surface area (Å²) < 4.78 is 2.04. The zero-order valence-corrected chi connectivity index (χ0v) is 14.7. The molecule has 25 heavy (non-hydrogen) atoms. The maximum Gasteiger partial charge on any atom is 0.227 e. The summed E-state index contributed by atoms with van der Waals surface area (Å²) in [5, 5.41) is 12.5. The van der Waals surface area contributed by atoms with E-state index in [-0.39, 0.29) is 11.8 Å². The fraction of sp³-hybridized carbons (Fsp3) is 0.316. The molecule has 1 saturated heterocycles. The van der Waals surface area contributed by atoms with Crippen molar-refractivity contribution in [3.05, 3.63) is 64.9 Å². The molecule has 4 rings (SSSR count). The van der Waals surface area contributed by atoms with Crippen LogP contribution in [0.15, 0.2) is 53.5 Å². The van der Waals surface area contributed by atoms with Crippen molar-refractivity contribution < 1.29 is 4.79 Å². The zero-order valence-electron chi connectivity index (χ0n) is 13.9. The van der Waals surface area contributed by atoms with Crippen molar-refractivity contribution in [2.45, 2.75) is 25.2 Å². The summed E-state index contributed by atoms with van der Waals surface area (Å²) in [6.45, 7) is 1.55. The zero-order chi connectivity index (χ0) is 17.1.